The summed E-state index contributed by atoms with van der Waals surface area (Å²) in [5.74, 6) is -0.849. The molecule has 9 nitrogen and oxygen atoms in total. The second-order valence-electron chi connectivity index (χ2n) is 8.48. The highest BCUT2D eigenvalue weighted by molar-refractivity contribution is 6.33. The quantitative estimate of drug-likeness (QED) is 0.324. The molecule has 2 heterocycles. The minimum atomic E-state index is -0.474. The summed E-state index contributed by atoms with van der Waals surface area (Å²) in [5.41, 5.74) is 13.9. The van der Waals surface area contributed by atoms with Crippen LogP contribution in [-0.2, 0) is 0 Å². The fourth-order valence-corrected chi connectivity index (χ4v) is 4.58. The number of nitrogens with zero attached hydrogens (tertiary/aromatic N) is 3. The fraction of sp³-hybridized carbons (Fsp3) is 0.292. The first-order valence-corrected chi connectivity index (χ1v) is 11.6. The second-order valence-corrected chi connectivity index (χ2v) is 8.89. The molecule has 0 spiro atoms. The van der Waals surface area contributed by atoms with Crippen LogP contribution >= 0.6 is 11.6 Å². The number of guanidine groups is 2. The van der Waals surface area contributed by atoms with Gasteiger partial charge in [0.05, 0.1) is 10.7 Å². The van der Waals surface area contributed by atoms with Gasteiger partial charge in [0.25, 0.3) is 5.91 Å². The third-order valence-corrected chi connectivity index (χ3v) is 6.60. The van der Waals surface area contributed by atoms with Crippen LogP contribution in [0.3, 0.4) is 0 Å². The van der Waals surface area contributed by atoms with Crippen LogP contribution in [0, 0.1) is 16.6 Å². The van der Waals surface area contributed by atoms with E-state index < -0.39 is 11.7 Å². The van der Waals surface area contributed by atoms with Crippen molar-refractivity contribution in [2.24, 2.45) is 11.5 Å². The molecule has 7 N–H and O–H groups in total. The predicted molar refractivity (Wildman–Crippen MR) is 138 cm³/mol. The molecular weight excluding hydrogens is 471 g/mol. The number of anilines is 2. The highest BCUT2D eigenvalue weighted by Gasteiger charge is 2.21. The van der Waals surface area contributed by atoms with Crippen molar-refractivity contribution in [3.8, 4) is 0 Å². The van der Waals surface area contributed by atoms with Gasteiger partial charge in [-0.25, -0.2) is 4.39 Å². The van der Waals surface area contributed by atoms with Crippen LogP contribution in [0.5, 0.6) is 0 Å². The Labute approximate surface area is 208 Å². The van der Waals surface area contributed by atoms with Gasteiger partial charge < -0.3 is 31.5 Å². The maximum Gasteiger partial charge on any atom is 0.255 e. The van der Waals surface area contributed by atoms with Gasteiger partial charge in [0.15, 0.2) is 11.9 Å². The molecule has 0 unspecified atom stereocenters. The number of carbonyl (C=O) groups is 1. The average molecular weight is 499 g/mol. The number of nitrogens with two attached hydrogens (primary N) is 2. The lowest BCUT2D eigenvalue weighted by molar-refractivity contribution is 0.102. The van der Waals surface area contributed by atoms with Gasteiger partial charge in [-0.2, -0.15) is 0 Å². The number of nitrogens with one attached hydrogen (secondary N) is 3. The summed E-state index contributed by atoms with van der Waals surface area (Å²) in [6, 6.07) is 9.70. The van der Waals surface area contributed by atoms with E-state index in [2.05, 4.69) is 10.2 Å². The molecule has 1 saturated heterocycles. The van der Waals surface area contributed by atoms with Gasteiger partial charge in [-0.05, 0) is 42.3 Å². The maximum atomic E-state index is 14.8. The van der Waals surface area contributed by atoms with Crippen molar-refractivity contribution in [2.75, 3.05) is 49.5 Å². The van der Waals surface area contributed by atoms with Crippen LogP contribution in [-0.4, -0.2) is 66.9 Å². The fourth-order valence-electron chi connectivity index (χ4n) is 4.28. The Kier molecular flexibility index (Phi) is 7.11. The van der Waals surface area contributed by atoms with E-state index >= 15 is 0 Å². The molecule has 2 aliphatic heterocycles. The molecule has 1 amide bonds. The molecule has 35 heavy (non-hydrogen) atoms. The number of amides is 1. The predicted octanol–water partition coefficient (Wildman–Crippen LogP) is 2.73. The third-order valence-electron chi connectivity index (χ3n) is 6.29. The van der Waals surface area contributed by atoms with E-state index in [9.17, 15) is 9.18 Å². The summed E-state index contributed by atoms with van der Waals surface area (Å²) < 4.78 is 14.8. The van der Waals surface area contributed by atoms with Crippen LogP contribution in [0.4, 0.5) is 15.8 Å². The number of piperazine rings is 1. The lowest BCUT2D eigenvalue weighted by atomic mass is 9.97. The first kappa shape index (κ1) is 24.3. The molecule has 0 atom stereocenters. The first-order chi connectivity index (χ1) is 16.7. The number of halogens is 2. The Morgan fingerprint density at radius 3 is 2.26 bits per heavy atom. The van der Waals surface area contributed by atoms with E-state index in [-0.39, 0.29) is 17.5 Å². The maximum absolute atomic E-state index is 14.8. The molecular formula is C24H28ClFN8O. The zero-order chi connectivity index (χ0) is 25.1. The van der Waals surface area contributed by atoms with Crippen LogP contribution in [0.25, 0.3) is 5.57 Å². The molecule has 11 heteroatoms. The first-order valence-electron chi connectivity index (χ1n) is 11.3. The molecule has 0 saturated carbocycles. The van der Waals surface area contributed by atoms with Gasteiger partial charge in [-0.15, -0.1) is 0 Å². The number of rotatable bonds is 4. The zero-order valence-electron chi connectivity index (χ0n) is 19.2. The van der Waals surface area contributed by atoms with Crippen molar-refractivity contribution in [1.29, 1.82) is 10.8 Å². The normalized spacial score (nSPS) is 16.1. The summed E-state index contributed by atoms with van der Waals surface area (Å²) in [5, 5.41) is 18.3. The zero-order valence-corrected chi connectivity index (χ0v) is 19.9. The summed E-state index contributed by atoms with van der Waals surface area (Å²) in [6.07, 6.45) is 2.42. The van der Waals surface area contributed by atoms with Gasteiger partial charge in [0, 0.05) is 56.1 Å². The standard InChI is InChI=1S/C24H28ClFN8O/c25-19-14-17(2-4-21(19)32-9-11-34(12-10-32)24(29)30)31-22(35)16-1-3-18(20(26)13-16)15-5-7-33(8-6-15)23(27)28/h1-5,13-14H,6-12H2,(H3,27,28)(H3,29,30)(H,31,35). The Hall–Kier alpha value is -3.79. The summed E-state index contributed by atoms with van der Waals surface area (Å²) >= 11 is 6.49. The summed E-state index contributed by atoms with van der Waals surface area (Å²) in [6.45, 7) is 3.64. The van der Waals surface area contributed by atoms with E-state index in [4.69, 9.17) is 33.9 Å². The molecule has 2 aliphatic rings. The molecule has 2 aromatic carbocycles. The van der Waals surface area contributed by atoms with Crippen molar-refractivity contribution < 1.29 is 9.18 Å². The van der Waals surface area contributed by atoms with Gasteiger partial charge in [0.2, 0.25) is 0 Å². The third kappa shape index (κ3) is 5.48. The minimum Gasteiger partial charge on any atom is -0.370 e. The van der Waals surface area contributed by atoms with Crippen molar-refractivity contribution >= 4 is 46.4 Å². The van der Waals surface area contributed by atoms with Gasteiger partial charge in [0.1, 0.15) is 5.82 Å². The lowest BCUT2D eigenvalue weighted by Gasteiger charge is -2.36. The number of benzene rings is 2. The lowest BCUT2D eigenvalue weighted by Crippen LogP contribution is -2.50. The monoisotopic (exact) mass is 498 g/mol. The van der Waals surface area contributed by atoms with E-state index in [0.29, 0.717) is 62.0 Å². The van der Waals surface area contributed by atoms with E-state index in [0.717, 1.165) is 11.3 Å². The molecule has 0 bridgehead atoms. The molecule has 0 aliphatic carbocycles. The smallest absolute Gasteiger partial charge is 0.255 e. The van der Waals surface area contributed by atoms with Gasteiger partial charge in [-0.3, -0.25) is 15.6 Å². The van der Waals surface area contributed by atoms with Crippen molar-refractivity contribution in [3.05, 3.63) is 64.4 Å². The van der Waals surface area contributed by atoms with Crippen LogP contribution in [0.2, 0.25) is 5.02 Å². The highest BCUT2D eigenvalue weighted by Crippen LogP contribution is 2.30. The molecule has 1 fully saturated rings. The van der Waals surface area contributed by atoms with Crippen molar-refractivity contribution in [3.63, 3.8) is 0 Å². The largest absolute Gasteiger partial charge is 0.370 e. The molecule has 0 aromatic heterocycles. The topological polar surface area (TPSA) is 139 Å². The molecule has 184 valence electrons. The van der Waals surface area contributed by atoms with Gasteiger partial charge in [-0.1, -0.05) is 23.7 Å². The van der Waals surface area contributed by atoms with E-state index in [1.165, 1.54) is 6.07 Å². The highest BCUT2D eigenvalue weighted by atomic mass is 35.5. The Bertz CT molecular complexity index is 1190. The molecule has 0 radical (unpaired) electrons. The summed E-state index contributed by atoms with van der Waals surface area (Å²) in [4.78, 5) is 18.4. The molecule has 2 aromatic rings. The Balaban J connectivity index is 1.41. The van der Waals surface area contributed by atoms with Gasteiger partial charge >= 0.3 is 0 Å². The SMILES string of the molecule is N=C(N)N1CC=C(c2ccc(C(=O)Nc3ccc(N4CCN(C(=N)N)CC4)c(Cl)c3)cc2F)CC1. The Morgan fingerprint density at radius 2 is 1.69 bits per heavy atom. The number of hydrogen-bond acceptors (Lipinski definition) is 4. The van der Waals surface area contributed by atoms with Crippen molar-refractivity contribution in [1.82, 2.24) is 9.80 Å². The van der Waals surface area contributed by atoms with Crippen LogP contribution in [0.1, 0.15) is 22.3 Å². The second kappa shape index (κ2) is 10.2. The summed E-state index contributed by atoms with van der Waals surface area (Å²) in [7, 11) is 0. The Morgan fingerprint density at radius 1 is 0.971 bits per heavy atom. The van der Waals surface area contributed by atoms with Crippen LogP contribution < -0.4 is 21.7 Å². The number of hydrogen-bond donors (Lipinski definition) is 5. The van der Waals surface area contributed by atoms with E-state index in [1.54, 1.807) is 34.1 Å². The van der Waals surface area contributed by atoms with Crippen molar-refractivity contribution in [2.45, 2.75) is 6.42 Å². The number of carbonyl (C=O) groups excluding carboxylic acids is 1. The van der Waals surface area contributed by atoms with Crippen LogP contribution in [0.15, 0.2) is 42.5 Å². The van der Waals surface area contributed by atoms with E-state index in [1.807, 2.05) is 12.1 Å². The molecule has 4 rings (SSSR count). The average Bonchev–Trinajstić information content (AvgIpc) is 2.84. The minimum absolute atomic E-state index is 0.00326.